The molecule has 1 atom stereocenters. The van der Waals surface area contributed by atoms with Gasteiger partial charge in [-0.15, -0.1) is 11.3 Å². The van der Waals surface area contributed by atoms with Crippen molar-refractivity contribution in [2.45, 2.75) is 26.4 Å². The summed E-state index contributed by atoms with van der Waals surface area (Å²) in [6.45, 7) is 5.04. The number of hydrogen-bond acceptors (Lipinski definition) is 3. The molecule has 0 aliphatic rings. The third kappa shape index (κ3) is 2.60. The van der Waals surface area contributed by atoms with Crippen molar-refractivity contribution < 1.29 is 0 Å². The first kappa shape index (κ1) is 13.6. The van der Waals surface area contributed by atoms with E-state index in [2.05, 4.69) is 41.5 Å². The first-order valence-electron chi connectivity index (χ1n) is 5.92. The minimum atomic E-state index is 0.390. The molecule has 0 aliphatic heterocycles. The van der Waals surface area contributed by atoms with Crippen molar-refractivity contribution in [3.8, 4) is 0 Å². The fourth-order valence-corrected chi connectivity index (χ4v) is 3.07. The molecule has 0 saturated heterocycles. The van der Waals surface area contributed by atoms with Gasteiger partial charge in [0.25, 0.3) is 0 Å². The average Bonchev–Trinajstić information content (AvgIpc) is 2.93. The van der Waals surface area contributed by atoms with E-state index in [0.29, 0.717) is 6.04 Å². The van der Waals surface area contributed by atoms with Crippen LogP contribution in [0.5, 0.6) is 0 Å². The summed E-state index contributed by atoms with van der Waals surface area (Å²) in [4.78, 5) is 3.66. The van der Waals surface area contributed by atoms with E-state index < -0.39 is 0 Å². The number of thiophene rings is 1. The van der Waals surface area contributed by atoms with Crippen molar-refractivity contribution in [3.63, 3.8) is 0 Å². The molecule has 0 saturated carbocycles. The van der Waals surface area contributed by atoms with Crippen LogP contribution in [0.1, 0.15) is 29.1 Å². The lowest BCUT2D eigenvalue weighted by Gasteiger charge is -2.23. The van der Waals surface area contributed by atoms with E-state index in [1.54, 1.807) is 16.0 Å². The summed E-state index contributed by atoms with van der Waals surface area (Å²) < 4.78 is 1.73. The van der Waals surface area contributed by atoms with E-state index in [1.165, 1.54) is 4.88 Å². The highest BCUT2D eigenvalue weighted by molar-refractivity contribution is 7.10. The van der Waals surface area contributed by atoms with E-state index in [1.807, 2.05) is 14.0 Å². The Morgan fingerprint density at radius 3 is 2.78 bits per heavy atom. The second kappa shape index (κ2) is 5.43. The van der Waals surface area contributed by atoms with Crippen molar-refractivity contribution >= 4 is 22.9 Å². The van der Waals surface area contributed by atoms with Crippen LogP contribution in [-0.2, 0) is 13.6 Å². The molecule has 2 aromatic heterocycles. The van der Waals surface area contributed by atoms with Crippen LogP contribution in [0.25, 0.3) is 0 Å². The fraction of sp³-hybridized carbons (Fsp3) is 0.462. The number of rotatable bonds is 4. The monoisotopic (exact) mass is 283 g/mol. The molecule has 3 nitrogen and oxygen atoms in total. The van der Waals surface area contributed by atoms with E-state index in [0.717, 1.165) is 23.0 Å². The van der Waals surface area contributed by atoms with Gasteiger partial charge in [0, 0.05) is 30.1 Å². The summed E-state index contributed by atoms with van der Waals surface area (Å²) in [5.74, 6) is 0. The molecule has 0 fully saturated rings. The molecule has 0 radical (unpaired) electrons. The van der Waals surface area contributed by atoms with Crippen molar-refractivity contribution in [1.29, 1.82) is 0 Å². The zero-order valence-electron chi connectivity index (χ0n) is 11.1. The number of nitrogens with zero attached hydrogens (tertiary/aromatic N) is 3. The van der Waals surface area contributed by atoms with E-state index >= 15 is 0 Å². The maximum absolute atomic E-state index is 6.26. The van der Waals surface area contributed by atoms with Gasteiger partial charge in [-0.3, -0.25) is 9.58 Å². The molecule has 0 aliphatic carbocycles. The quantitative estimate of drug-likeness (QED) is 0.854. The van der Waals surface area contributed by atoms with Crippen LogP contribution >= 0.6 is 22.9 Å². The van der Waals surface area contributed by atoms with Crippen molar-refractivity contribution in [2.75, 3.05) is 7.05 Å². The molecule has 1 unspecified atom stereocenters. The smallest absolute Gasteiger partial charge is 0.131 e. The summed E-state index contributed by atoms with van der Waals surface area (Å²) >= 11 is 8.05. The lowest BCUT2D eigenvalue weighted by molar-refractivity contribution is 0.256. The second-order valence-corrected chi connectivity index (χ2v) is 5.92. The first-order chi connectivity index (χ1) is 8.50. The number of hydrogen-bond donors (Lipinski definition) is 0. The second-order valence-electron chi connectivity index (χ2n) is 4.58. The van der Waals surface area contributed by atoms with Crippen molar-refractivity contribution in [2.24, 2.45) is 7.05 Å². The number of aromatic nitrogens is 2. The highest BCUT2D eigenvalue weighted by Crippen LogP contribution is 2.27. The Bertz CT molecular complexity index is 519. The molecular weight excluding hydrogens is 266 g/mol. The largest absolute Gasteiger partial charge is 0.294 e. The minimum absolute atomic E-state index is 0.390. The van der Waals surface area contributed by atoms with Crippen LogP contribution in [0.3, 0.4) is 0 Å². The molecule has 2 heterocycles. The highest BCUT2D eigenvalue weighted by Gasteiger charge is 2.17. The molecule has 2 rings (SSSR count). The van der Waals surface area contributed by atoms with Gasteiger partial charge in [-0.2, -0.15) is 5.10 Å². The Kier molecular flexibility index (Phi) is 4.10. The van der Waals surface area contributed by atoms with Gasteiger partial charge in [-0.05, 0) is 32.3 Å². The normalized spacial score (nSPS) is 13.2. The summed E-state index contributed by atoms with van der Waals surface area (Å²) in [5, 5.41) is 7.19. The summed E-state index contributed by atoms with van der Waals surface area (Å²) in [5.41, 5.74) is 2.12. The molecule has 18 heavy (non-hydrogen) atoms. The van der Waals surface area contributed by atoms with Crippen molar-refractivity contribution in [1.82, 2.24) is 14.7 Å². The van der Waals surface area contributed by atoms with E-state index in [4.69, 9.17) is 11.6 Å². The molecule has 2 aromatic rings. The van der Waals surface area contributed by atoms with Crippen LogP contribution in [0.15, 0.2) is 17.5 Å². The third-order valence-electron chi connectivity index (χ3n) is 3.29. The Balaban J connectivity index is 2.14. The average molecular weight is 284 g/mol. The predicted octanol–water partition coefficient (Wildman–Crippen LogP) is 3.64. The van der Waals surface area contributed by atoms with Crippen LogP contribution < -0.4 is 0 Å². The van der Waals surface area contributed by atoms with Gasteiger partial charge in [0.05, 0.1) is 5.69 Å². The standard InChI is InChI=1S/C13H18ClN3S/c1-9-11(13(14)17(4)15-9)8-16(3)10(2)12-6-5-7-18-12/h5-7,10H,8H2,1-4H3. The lowest BCUT2D eigenvalue weighted by atomic mass is 10.2. The van der Waals surface area contributed by atoms with Gasteiger partial charge >= 0.3 is 0 Å². The van der Waals surface area contributed by atoms with Gasteiger partial charge in [0.2, 0.25) is 0 Å². The summed E-state index contributed by atoms with van der Waals surface area (Å²) in [6, 6.07) is 4.65. The zero-order chi connectivity index (χ0) is 13.3. The Hall–Kier alpha value is -0.840. The van der Waals surface area contributed by atoms with Gasteiger partial charge in [0.1, 0.15) is 5.15 Å². The van der Waals surface area contributed by atoms with Crippen LogP contribution in [0, 0.1) is 6.92 Å². The molecule has 0 N–H and O–H groups in total. The molecule has 0 aromatic carbocycles. The molecule has 0 amide bonds. The lowest BCUT2D eigenvalue weighted by Crippen LogP contribution is -2.21. The molecule has 0 spiro atoms. The Morgan fingerprint density at radius 2 is 2.28 bits per heavy atom. The van der Waals surface area contributed by atoms with Crippen LogP contribution in [0.4, 0.5) is 0 Å². The van der Waals surface area contributed by atoms with Gasteiger partial charge in [-0.25, -0.2) is 0 Å². The van der Waals surface area contributed by atoms with Crippen LogP contribution in [0.2, 0.25) is 5.15 Å². The highest BCUT2D eigenvalue weighted by atomic mass is 35.5. The minimum Gasteiger partial charge on any atom is -0.294 e. The number of aryl methyl sites for hydroxylation is 2. The molecule has 98 valence electrons. The Morgan fingerprint density at radius 1 is 1.56 bits per heavy atom. The first-order valence-corrected chi connectivity index (χ1v) is 7.18. The third-order valence-corrected chi connectivity index (χ3v) is 4.81. The Labute approximate surface area is 117 Å². The summed E-state index contributed by atoms with van der Waals surface area (Å²) in [7, 11) is 3.99. The maximum Gasteiger partial charge on any atom is 0.131 e. The predicted molar refractivity (Wildman–Crippen MR) is 77.2 cm³/mol. The van der Waals surface area contributed by atoms with Gasteiger partial charge < -0.3 is 0 Å². The van der Waals surface area contributed by atoms with Gasteiger partial charge in [-0.1, -0.05) is 17.7 Å². The van der Waals surface area contributed by atoms with Gasteiger partial charge in [0.15, 0.2) is 0 Å². The zero-order valence-corrected chi connectivity index (χ0v) is 12.7. The topological polar surface area (TPSA) is 21.1 Å². The van der Waals surface area contributed by atoms with E-state index in [-0.39, 0.29) is 0 Å². The molecular formula is C13H18ClN3S. The molecule has 0 bridgehead atoms. The number of halogens is 1. The fourth-order valence-electron chi connectivity index (χ4n) is 1.99. The van der Waals surface area contributed by atoms with E-state index in [9.17, 15) is 0 Å². The molecule has 5 heteroatoms. The SMILES string of the molecule is Cc1nn(C)c(Cl)c1CN(C)C(C)c1cccs1. The van der Waals surface area contributed by atoms with Crippen molar-refractivity contribution in [3.05, 3.63) is 38.8 Å². The summed E-state index contributed by atoms with van der Waals surface area (Å²) in [6.07, 6.45) is 0. The van der Waals surface area contributed by atoms with Crippen LogP contribution in [-0.4, -0.2) is 21.7 Å². The maximum atomic E-state index is 6.26.